The van der Waals surface area contributed by atoms with Crippen molar-refractivity contribution < 1.29 is 9.53 Å². The molecule has 5 rings (SSSR count). The van der Waals surface area contributed by atoms with Gasteiger partial charge in [-0.1, -0.05) is 43.3 Å². The second kappa shape index (κ2) is 10.1. The van der Waals surface area contributed by atoms with E-state index in [1.807, 2.05) is 43.0 Å². The van der Waals surface area contributed by atoms with Gasteiger partial charge in [0.2, 0.25) is 5.91 Å². The van der Waals surface area contributed by atoms with Gasteiger partial charge in [0, 0.05) is 24.4 Å². The third-order valence-corrected chi connectivity index (χ3v) is 9.18. The summed E-state index contributed by atoms with van der Waals surface area (Å²) in [6.07, 6.45) is 4.13. The van der Waals surface area contributed by atoms with Crippen LogP contribution in [0.4, 0.5) is 0 Å². The minimum absolute atomic E-state index is 0.0547. The van der Waals surface area contributed by atoms with E-state index >= 15 is 0 Å². The highest BCUT2D eigenvalue weighted by Gasteiger charge is 2.30. The van der Waals surface area contributed by atoms with Gasteiger partial charge in [-0.05, 0) is 56.7 Å². The summed E-state index contributed by atoms with van der Waals surface area (Å²) < 4.78 is 7.78. The van der Waals surface area contributed by atoms with E-state index in [9.17, 15) is 9.59 Å². The molecule has 2 aliphatic rings. The Hall–Kier alpha value is -2.16. The number of carbonyl (C=O) groups is 1. The van der Waals surface area contributed by atoms with Crippen LogP contribution in [0.3, 0.4) is 0 Å². The highest BCUT2D eigenvalue weighted by atomic mass is 32.2. The van der Waals surface area contributed by atoms with Gasteiger partial charge in [0.15, 0.2) is 5.16 Å². The molecule has 1 amide bonds. The van der Waals surface area contributed by atoms with Crippen LogP contribution < -0.4 is 5.56 Å². The Bertz CT molecular complexity index is 1290. The van der Waals surface area contributed by atoms with Crippen molar-refractivity contribution in [1.82, 2.24) is 14.5 Å². The topological polar surface area (TPSA) is 64.4 Å². The SMILES string of the molecule is Cc1ccc(-n2c(S[C@@H](C)C(=O)N3CCCCC3)nc3sc4c(c3c2=O)C[C@@H](C(C)C)OC4)cc1. The molecule has 8 heteroatoms. The average molecular weight is 512 g/mol. The molecule has 1 aromatic carbocycles. The Labute approximate surface area is 214 Å². The first-order chi connectivity index (χ1) is 16.8. The number of aryl methyl sites for hydroxylation is 1. The van der Waals surface area contributed by atoms with Gasteiger partial charge < -0.3 is 9.64 Å². The molecule has 3 aromatic rings. The molecule has 2 atom stereocenters. The number of amides is 1. The van der Waals surface area contributed by atoms with Crippen LogP contribution in [0, 0.1) is 12.8 Å². The van der Waals surface area contributed by atoms with Crippen LogP contribution in [-0.2, 0) is 22.6 Å². The van der Waals surface area contributed by atoms with Crippen LogP contribution in [0.5, 0.6) is 0 Å². The lowest BCUT2D eigenvalue weighted by Gasteiger charge is -2.29. The summed E-state index contributed by atoms with van der Waals surface area (Å²) in [5, 5.41) is 0.959. The van der Waals surface area contributed by atoms with Crippen LogP contribution in [0.15, 0.2) is 34.2 Å². The number of benzene rings is 1. The van der Waals surface area contributed by atoms with E-state index in [4.69, 9.17) is 9.72 Å². The number of carbonyl (C=O) groups excluding carboxylic acids is 1. The largest absolute Gasteiger partial charge is 0.372 e. The minimum atomic E-state index is -0.322. The lowest BCUT2D eigenvalue weighted by atomic mass is 9.96. The van der Waals surface area contributed by atoms with E-state index in [-0.39, 0.29) is 22.8 Å². The van der Waals surface area contributed by atoms with Gasteiger partial charge in [0.25, 0.3) is 5.56 Å². The smallest absolute Gasteiger partial charge is 0.267 e. The van der Waals surface area contributed by atoms with E-state index < -0.39 is 0 Å². The molecule has 6 nitrogen and oxygen atoms in total. The molecular formula is C27H33N3O3S2. The average Bonchev–Trinajstić information content (AvgIpc) is 3.23. The van der Waals surface area contributed by atoms with E-state index in [0.717, 1.165) is 58.9 Å². The van der Waals surface area contributed by atoms with Crippen molar-refractivity contribution in [2.45, 2.75) is 76.5 Å². The van der Waals surface area contributed by atoms with Crippen molar-refractivity contribution in [3.05, 3.63) is 50.6 Å². The molecule has 4 heterocycles. The lowest BCUT2D eigenvalue weighted by Crippen LogP contribution is -2.40. The van der Waals surface area contributed by atoms with Crippen LogP contribution in [0.2, 0.25) is 0 Å². The molecular weight excluding hydrogens is 478 g/mol. The number of hydrogen-bond donors (Lipinski definition) is 0. The van der Waals surface area contributed by atoms with Gasteiger partial charge in [-0.2, -0.15) is 0 Å². The summed E-state index contributed by atoms with van der Waals surface area (Å²) in [5.74, 6) is 0.500. The first kappa shape index (κ1) is 24.5. The number of hydrogen-bond acceptors (Lipinski definition) is 6. The number of piperidine rings is 1. The molecule has 2 aliphatic heterocycles. The van der Waals surface area contributed by atoms with Crippen molar-refractivity contribution in [2.75, 3.05) is 13.1 Å². The number of rotatable bonds is 5. The number of aromatic nitrogens is 2. The minimum Gasteiger partial charge on any atom is -0.372 e. The maximum atomic E-state index is 14.1. The molecule has 0 saturated carbocycles. The maximum Gasteiger partial charge on any atom is 0.267 e. The number of ether oxygens (including phenoxy) is 1. The van der Waals surface area contributed by atoms with Crippen molar-refractivity contribution in [1.29, 1.82) is 0 Å². The van der Waals surface area contributed by atoms with Crippen LogP contribution in [-0.4, -0.2) is 44.8 Å². The molecule has 0 unspecified atom stereocenters. The molecule has 2 aromatic heterocycles. The number of fused-ring (bicyclic) bond motifs is 3. The second-order valence-electron chi connectivity index (χ2n) is 10.00. The van der Waals surface area contributed by atoms with Crippen LogP contribution in [0.1, 0.15) is 56.0 Å². The Morgan fingerprint density at radius 2 is 1.86 bits per heavy atom. The fourth-order valence-electron chi connectivity index (χ4n) is 4.92. The molecule has 0 aliphatic carbocycles. The molecule has 35 heavy (non-hydrogen) atoms. The Morgan fingerprint density at radius 3 is 2.54 bits per heavy atom. The quantitative estimate of drug-likeness (QED) is 0.341. The Balaban J connectivity index is 1.60. The van der Waals surface area contributed by atoms with Gasteiger partial charge >= 0.3 is 0 Å². The highest BCUT2D eigenvalue weighted by molar-refractivity contribution is 8.00. The van der Waals surface area contributed by atoms with Crippen molar-refractivity contribution in [2.24, 2.45) is 5.92 Å². The third-order valence-electron chi connectivity index (χ3n) is 7.04. The molecule has 1 fully saturated rings. The van der Waals surface area contributed by atoms with Gasteiger partial charge in [0.1, 0.15) is 4.83 Å². The fraction of sp³-hybridized carbons (Fsp3) is 0.519. The molecule has 0 radical (unpaired) electrons. The molecule has 1 saturated heterocycles. The number of nitrogens with zero attached hydrogens (tertiary/aromatic N) is 3. The van der Waals surface area contributed by atoms with Crippen molar-refractivity contribution >= 4 is 39.2 Å². The predicted octanol–water partition coefficient (Wildman–Crippen LogP) is 5.35. The van der Waals surface area contributed by atoms with Crippen molar-refractivity contribution in [3.8, 4) is 5.69 Å². The Kier molecular flexibility index (Phi) is 7.06. The summed E-state index contributed by atoms with van der Waals surface area (Å²) in [5.41, 5.74) is 2.94. The number of thioether (sulfide) groups is 1. The molecule has 186 valence electrons. The van der Waals surface area contributed by atoms with E-state index in [1.54, 1.807) is 15.9 Å². The second-order valence-corrected chi connectivity index (χ2v) is 12.4. The first-order valence-electron chi connectivity index (χ1n) is 12.5. The van der Waals surface area contributed by atoms with E-state index in [0.29, 0.717) is 23.1 Å². The lowest BCUT2D eigenvalue weighted by molar-refractivity contribution is -0.131. The molecule has 0 spiro atoms. The summed E-state index contributed by atoms with van der Waals surface area (Å²) in [7, 11) is 0. The van der Waals surface area contributed by atoms with Gasteiger partial charge in [-0.3, -0.25) is 14.2 Å². The normalized spacial score (nSPS) is 19.2. The van der Waals surface area contributed by atoms with Gasteiger partial charge in [-0.15, -0.1) is 11.3 Å². The van der Waals surface area contributed by atoms with Gasteiger partial charge in [0.05, 0.1) is 29.0 Å². The van der Waals surface area contributed by atoms with Crippen LogP contribution in [0.25, 0.3) is 15.9 Å². The zero-order valence-corrected chi connectivity index (χ0v) is 22.5. The van der Waals surface area contributed by atoms with E-state index in [2.05, 4.69) is 13.8 Å². The first-order valence-corrected chi connectivity index (χ1v) is 14.2. The third kappa shape index (κ3) is 4.80. The molecule has 0 N–H and O–H groups in total. The standard InChI is InChI=1S/C27H33N3O3S2/c1-16(2)21-14-20-22(15-33-21)35-24-23(20)26(32)30(19-10-8-17(3)9-11-19)27(28-24)34-18(4)25(31)29-12-6-5-7-13-29/h8-11,16,18,21H,5-7,12-15H2,1-4H3/t18-,21-/m0/s1. The fourth-order valence-corrected chi connectivity index (χ4v) is 7.09. The van der Waals surface area contributed by atoms with Crippen molar-refractivity contribution in [3.63, 3.8) is 0 Å². The zero-order valence-electron chi connectivity index (χ0n) is 20.9. The zero-order chi connectivity index (χ0) is 24.7. The van der Waals surface area contributed by atoms with Gasteiger partial charge in [-0.25, -0.2) is 4.98 Å². The summed E-state index contributed by atoms with van der Waals surface area (Å²) in [6.45, 7) is 10.4. The summed E-state index contributed by atoms with van der Waals surface area (Å²) in [4.78, 5) is 36.1. The number of likely N-dealkylation sites (tertiary alicyclic amines) is 1. The number of thiophene rings is 1. The van der Waals surface area contributed by atoms with Crippen LogP contribution >= 0.6 is 23.1 Å². The predicted molar refractivity (Wildman–Crippen MR) is 143 cm³/mol. The van der Waals surface area contributed by atoms with E-state index in [1.165, 1.54) is 18.2 Å². The summed E-state index contributed by atoms with van der Waals surface area (Å²) >= 11 is 2.94. The summed E-state index contributed by atoms with van der Waals surface area (Å²) in [6, 6.07) is 7.94. The maximum absolute atomic E-state index is 14.1. The monoisotopic (exact) mass is 511 g/mol. The highest BCUT2D eigenvalue weighted by Crippen LogP contribution is 2.37. The Morgan fingerprint density at radius 1 is 1.14 bits per heavy atom. The molecule has 0 bridgehead atoms.